The molecular weight excluding hydrogens is 362 g/mol. The fraction of sp³-hybridized carbons (Fsp3) is 0.500. The van der Waals surface area contributed by atoms with Crippen LogP contribution in [0.1, 0.15) is 20.1 Å². The predicted molar refractivity (Wildman–Crippen MR) is 87.2 cm³/mol. The van der Waals surface area contributed by atoms with Crippen LogP contribution in [0.5, 0.6) is 0 Å². The van der Waals surface area contributed by atoms with Crippen LogP contribution in [-0.2, 0) is 23.8 Å². The first kappa shape index (κ1) is 18.4. The number of rotatable bonds is 5. The van der Waals surface area contributed by atoms with Gasteiger partial charge in [-0.1, -0.05) is 5.11 Å². The molecule has 1 aliphatic heterocycles. The van der Waals surface area contributed by atoms with Crippen molar-refractivity contribution in [3.05, 3.63) is 33.5 Å². The molecule has 2 aromatic rings. The van der Waals surface area contributed by atoms with E-state index >= 15 is 0 Å². The third-order valence-electron chi connectivity index (χ3n) is 3.85. The Bertz CT molecular complexity index is 978. The van der Waals surface area contributed by atoms with E-state index in [2.05, 4.69) is 25.0 Å². The third-order valence-corrected chi connectivity index (χ3v) is 3.85. The highest BCUT2D eigenvalue weighted by atomic mass is 16.6. The minimum atomic E-state index is -1.07. The number of esters is 2. The van der Waals surface area contributed by atoms with Crippen molar-refractivity contribution in [3.8, 4) is 0 Å². The van der Waals surface area contributed by atoms with Gasteiger partial charge in [0.1, 0.15) is 6.10 Å². The van der Waals surface area contributed by atoms with Crippen molar-refractivity contribution >= 4 is 23.1 Å². The number of hydrogen-bond donors (Lipinski definition) is 1. The van der Waals surface area contributed by atoms with Gasteiger partial charge in [0, 0.05) is 18.8 Å². The van der Waals surface area contributed by atoms with Crippen LogP contribution in [-0.4, -0.2) is 56.3 Å². The van der Waals surface area contributed by atoms with Crippen molar-refractivity contribution in [3.63, 3.8) is 0 Å². The van der Waals surface area contributed by atoms with Gasteiger partial charge in [0.05, 0.1) is 19.2 Å². The van der Waals surface area contributed by atoms with Gasteiger partial charge in [0.15, 0.2) is 29.6 Å². The standard InChI is InChI=1S/C14H15N7O6/c1-6(22)25-10-8(3-19-20-15)27-14(11(10)26-7(2)23)21-5-18-9-12(21)16-4-17-13(9)24/h4-5,8,10-11,14H,3H2,1-2H3,(H,16,17,24). The number of fused-ring (bicyclic) bond motifs is 1. The Labute approximate surface area is 150 Å². The Balaban J connectivity index is 2.06. The van der Waals surface area contributed by atoms with Crippen LogP contribution in [0.15, 0.2) is 22.6 Å². The molecule has 1 fully saturated rings. The van der Waals surface area contributed by atoms with Crippen LogP contribution in [0.25, 0.3) is 21.6 Å². The highest BCUT2D eigenvalue weighted by molar-refractivity contribution is 5.69. The summed E-state index contributed by atoms with van der Waals surface area (Å²) in [6.07, 6.45) is -1.48. The van der Waals surface area contributed by atoms with Crippen molar-refractivity contribution in [1.82, 2.24) is 19.5 Å². The molecule has 27 heavy (non-hydrogen) atoms. The first-order valence-corrected chi connectivity index (χ1v) is 7.83. The normalized spacial score (nSPS) is 24.4. The second-order valence-corrected chi connectivity index (χ2v) is 5.68. The van der Waals surface area contributed by atoms with E-state index in [1.54, 1.807) is 0 Å². The molecule has 142 valence electrons. The average molecular weight is 377 g/mol. The van der Waals surface area contributed by atoms with Crippen molar-refractivity contribution in [2.24, 2.45) is 5.11 Å². The molecule has 4 unspecified atom stereocenters. The third kappa shape index (κ3) is 3.59. The Morgan fingerprint density at radius 3 is 2.70 bits per heavy atom. The Hall–Kier alpha value is -3.44. The number of carbonyl (C=O) groups excluding carboxylic acids is 2. The second kappa shape index (κ2) is 7.43. The van der Waals surface area contributed by atoms with Crippen molar-refractivity contribution in [2.45, 2.75) is 38.4 Å². The molecule has 3 rings (SSSR count). The molecule has 0 radical (unpaired) electrons. The molecule has 0 aliphatic carbocycles. The topological polar surface area (TPSA) is 174 Å². The summed E-state index contributed by atoms with van der Waals surface area (Å²) in [5, 5.41) is 3.45. The lowest BCUT2D eigenvalue weighted by atomic mass is 10.1. The maximum Gasteiger partial charge on any atom is 0.303 e. The number of aromatic nitrogens is 4. The molecule has 3 heterocycles. The number of azide groups is 1. The van der Waals surface area contributed by atoms with E-state index in [1.807, 2.05) is 0 Å². The molecule has 13 nitrogen and oxygen atoms in total. The summed E-state index contributed by atoms with van der Waals surface area (Å²) in [5.74, 6) is -1.26. The van der Waals surface area contributed by atoms with Crippen LogP contribution in [0.4, 0.5) is 0 Å². The highest BCUT2D eigenvalue weighted by Crippen LogP contribution is 2.35. The van der Waals surface area contributed by atoms with Crippen molar-refractivity contribution < 1.29 is 23.8 Å². The van der Waals surface area contributed by atoms with Crippen LogP contribution in [0, 0.1) is 0 Å². The zero-order valence-electron chi connectivity index (χ0n) is 14.3. The van der Waals surface area contributed by atoms with Gasteiger partial charge < -0.3 is 19.2 Å². The van der Waals surface area contributed by atoms with Gasteiger partial charge in [-0.3, -0.25) is 19.0 Å². The first-order valence-electron chi connectivity index (χ1n) is 7.83. The van der Waals surface area contributed by atoms with Gasteiger partial charge in [-0.05, 0) is 5.53 Å². The summed E-state index contributed by atoms with van der Waals surface area (Å²) >= 11 is 0. The minimum absolute atomic E-state index is 0.0604. The molecule has 0 aromatic carbocycles. The number of ether oxygens (including phenoxy) is 3. The van der Waals surface area contributed by atoms with E-state index in [9.17, 15) is 14.4 Å². The van der Waals surface area contributed by atoms with Crippen molar-refractivity contribution in [2.75, 3.05) is 6.54 Å². The van der Waals surface area contributed by atoms with Crippen molar-refractivity contribution in [1.29, 1.82) is 0 Å². The molecule has 1 aliphatic rings. The summed E-state index contributed by atoms with van der Waals surface area (Å²) in [4.78, 5) is 48.1. The number of H-pyrrole nitrogens is 1. The van der Waals surface area contributed by atoms with Gasteiger partial charge in [-0.2, -0.15) is 0 Å². The number of nitrogens with one attached hydrogen (secondary N) is 1. The largest absolute Gasteiger partial charge is 0.456 e. The maximum atomic E-state index is 11.9. The number of imidazole rings is 1. The molecular formula is C14H15N7O6. The molecule has 2 aromatic heterocycles. The zero-order chi connectivity index (χ0) is 19.6. The summed E-state index contributed by atoms with van der Waals surface area (Å²) in [6.45, 7) is 2.22. The molecule has 0 amide bonds. The van der Waals surface area contributed by atoms with Gasteiger partial charge in [0.2, 0.25) is 0 Å². The SMILES string of the molecule is CC(=O)OC1C(CN=[N+]=[N-])OC(n2cnc3c(=O)[nH]cnc32)C1OC(C)=O. The lowest BCUT2D eigenvalue weighted by molar-refractivity contribution is -0.165. The Kier molecular flexibility index (Phi) is 5.05. The second-order valence-electron chi connectivity index (χ2n) is 5.68. The molecule has 4 atom stereocenters. The summed E-state index contributed by atoms with van der Waals surface area (Å²) in [6, 6.07) is 0. The van der Waals surface area contributed by atoms with E-state index in [-0.39, 0.29) is 17.7 Å². The molecule has 0 bridgehead atoms. The van der Waals surface area contributed by atoms with E-state index in [0.717, 1.165) is 0 Å². The van der Waals surface area contributed by atoms with Crippen LogP contribution in [0.2, 0.25) is 0 Å². The molecule has 1 N–H and O–H groups in total. The molecule has 13 heteroatoms. The van der Waals surface area contributed by atoms with E-state index < -0.39 is 42.0 Å². The van der Waals surface area contributed by atoms with Crippen LogP contribution in [0.3, 0.4) is 0 Å². The maximum absolute atomic E-state index is 11.9. The van der Waals surface area contributed by atoms with Crippen LogP contribution >= 0.6 is 0 Å². The zero-order valence-corrected chi connectivity index (χ0v) is 14.3. The van der Waals surface area contributed by atoms with E-state index in [1.165, 1.54) is 31.1 Å². The quantitative estimate of drug-likeness (QED) is 0.332. The number of hydrogen-bond acceptors (Lipinski definition) is 9. The molecule has 0 saturated carbocycles. The number of nitrogens with zero attached hydrogens (tertiary/aromatic N) is 6. The average Bonchev–Trinajstić information content (AvgIpc) is 3.16. The smallest absolute Gasteiger partial charge is 0.303 e. The fourth-order valence-electron chi connectivity index (χ4n) is 2.90. The highest BCUT2D eigenvalue weighted by Gasteiger charge is 2.50. The molecule has 0 spiro atoms. The lowest BCUT2D eigenvalue weighted by Crippen LogP contribution is -2.39. The van der Waals surface area contributed by atoms with E-state index in [0.29, 0.717) is 0 Å². The van der Waals surface area contributed by atoms with Gasteiger partial charge in [0.25, 0.3) is 5.56 Å². The van der Waals surface area contributed by atoms with Gasteiger partial charge in [-0.15, -0.1) is 0 Å². The van der Waals surface area contributed by atoms with E-state index in [4.69, 9.17) is 19.7 Å². The number of aromatic amines is 1. The van der Waals surface area contributed by atoms with Gasteiger partial charge in [-0.25, -0.2) is 9.97 Å². The summed E-state index contributed by atoms with van der Waals surface area (Å²) < 4.78 is 17.8. The Morgan fingerprint density at radius 1 is 1.33 bits per heavy atom. The Morgan fingerprint density at radius 2 is 2.04 bits per heavy atom. The lowest BCUT2D eigenvalue weighted by Gasteiger charge is -2.23. The summed E-state index contributed by atoms with van der Waals surface area (Å²) in [7, 11) is 0. The monoisotopic (exact) mass is 377 g/mol. The van der Waals surface area contributed by atoms with Crippen LogP contribution < -0.4 is 5.56 Å². The summed E-state index contributed by atoms with van der Waals surface area (Å²) in [5.41, 5.74) is 8.37. The predicted octanol–water partition coefficient (Wildman–Crippen LogP) is 0.191. The minimum Gasteiger partial charge on any atom is -0.456 e. The first-order chi connectivity index (χ1) is 12.9. The number of carbonyl (C=O) groups is 2. The molecule has 1 saturated heterocycles. The fourth-order valence-corrected chi connectivity index (χ4v) is 2.90. The van der Waals surface area contributed by atoms with Gasteiger partial charge >= 0.3 is 11.9 Å².